The van der Waals surface area contributed by atoms with Crippen molar-refractivity contribution in [3.05, 3.63) is 64.9 Å². The van der Waals surface area contributed by atoms with E-state index in [2.05, 4.69) is 4.98 Å². The van der Waals surface area contributed by atoms with E-state index in [-0.39, 0.29) is 5.02 Å². The molecule has 0 bridgehead atoms. The van der Waals surface area contributed by atoms with Crippen molar-refractivity contribution >= 4 is 11.6 Å². The van der Waals surface area contributed by atoms with Crippen molar-refractivity contribution in [3.63, 3.8) is 0 Å². The normalized spacial score (nSPS) is 9.44. The zero-order valence-corrected chi connectivity index (χ0v) is 9.30. The van der Waals surface area contributed by atoms with Crippen LogP contribution >= 0.6 is 11.6 Å². The quantitative estimate of drug-likeness (QED) is 0.487. The minimum atomic E-state index is -1.00. The molecule has 0 amide bonds. The molecule has 0 saturated heterocycles. The van der Waals surface area contributed by atoms with Gasteiger partial charge < -0.3 is 9.97 Å². The van der Waals surface area contributed by atoms with Crippen molar-refractivity contribution in [1.82, 2.24) is 19.9 Å². The van der Waals surface area contributed by atoms with Gasteiger partial charge in [-0.3, -0.25) is 19.6 Å². The van der Waals surface area contributed by atoms with E-state index >= 15 is 0 Å². The van der Waals surface area contributed by atoms with E-state index in [1.807, 2.05) is 9.97 Å². The number of hydrogen-bond acceptors (Lipinski definition) is 4. The average Bonchev–Trinajstić information content (AvgIpc) is 2.30. The van der Waals surface area contributed by atoms with Gasteiger partial charge in [-0.1, -0.05) is 11.6 Å². The topological polar surface area (TPSA) is 131 Å². The highest BCUT2D eigenvalue weighted by molar-refractivity contribution is 6.30. The van der Waals surface area contributed by atoms with Crippen LogP contribution in [0.15, 0.2) is 31.6 Å². The van der Waals surface area contributed by atoms with Crippen LogP contribution in [-0.4, -0.2) is 19.9 Å². The van der Waals surface area contributed by atoms with E-state index in [9.17, 15) is 23.6 Å². The Labute approximate surface area is 101 Å². The molecule has 0 atom stereocenters. The molecule has 0 fully saturated rings. The Morgan fingerprint density at radius 1 is 0.889 bits per heavy atom. The lowest BCUT2D eigenvalue weighted by atomic mass is 10.6. The van der Waals surface area contributed by atoms with Gasteiger partial charge in [0.05, 0.1) is 0 Å². The molecular weight excluding hydrogens is 271 g/mol. The minimum Gasteiger partial charge on any atom is -0.313 e. The van der Waals surface area contributed by atoms with Gasteiger partial charge in [-0.15, -0.1) is 0 Å². The molecule has 0 aliphatic heterocycles. The Kier molecular flexibility index (Phi) is 4.38. The van der Waals surface area contributed by atoms with Crippen molar-refractivity contribution < 1.29 is 4.39 Å². The summed E-state index contributed by atoms with van der Waals surface area (Å²) in [5.41, 5.74) is -2.83. The summed E-state index contributed by atoms with van der Waals surface area (Å²) in [7, 11) is 0. The fourth-order valence-electron chi connectivity index (χ4n) is 0.787. The largest absolute Gasteiger partial charge is 0.325 e. The second kappa shape index (κ2) is 5.77. The molecule has 96 valence electrons. The Bertz CT molecular complexity index is 693. The maximum atomic E-state index is 12.0. The van der Waals surface area contributed by atoms with Crippen LogP contribution in [0.1, 0.15) is 0 Å². The van der Waals surface area contributed by atoms with Gasteiger partial charge in [0.15, 0.2) is 0 Å². The molecule has 10 heteroatoms. The monoisotopic (exact) mass is 276 g/mol. The molecule has 0 aliphatic carbocycles. The van der Waals surface area contributed by atoms with Crippen LogP contribution in [0.2, 0.25) is 5.02 Å². The third-order valence-electron chi connectivity index (χ3n) is 1.55. The van der Waals surface area contributed by atoms with Gasteiger partial charge in [-0.25, -0.2) is 9.59 Å². The molecule has 8 nitrogen and oxygen atoms in total. The summed E-state index contributed by atoms with van der Waals surface area (Å²) in [5, 5.41) is -0.0189. The van der Waals surface area contributed by atoms with Crippen LogP contribution in [0.5, 0.6) is 0 Å². The number of halogens is 2. The SMILES string of the molecule is O=c1[nH]cc(Cl)c(=O)[nH]1.O=c1[nH]cc(F)c(=O)[nH]1. The number of aromatic amines is 4. The van der Waals surface area contributed by atoms with Crippen LogP contribution in [-0.2, 0) is 0 Å². The van der Waals surface area contributed by atoms with Crippen LogP contribution in [0.25, 0.3) is 0 Å². The molecule has 0 saturated carbocycles. The van der Waals surface area contributed by atoms with Gasteiger partial charge in [0, 0.05) is 12.4 Å². The predicted octanol–water partition coefficient (Wildman–Crippen LogP) is -1.08. The van der Waals surface area contributed by atoms with Crippen molar-refractivity contribution in [2.75, 3.05) is 0 Å². The second-order valence-electron chi connectivity index (χ2n) is 2.84. The summed E-state index contributed by atoms with van der Waals surface area (Å²) >= 11 is 5.27. The molecule has 0 radical (unpaired) electrons. The minimum absolute atomic E-state index is 0.0189. The highest BCUT2D eigenvalue weighted by atomic mass is 35.5. The molecule has 0 spiro atoms. The Balaban J connectivity index is 0.000000180. The molecule has 2 rings (SSSR count). The first-order valence-corrected chi connectivity index (χ1v) is 4.73. The van der Waals surface area contributed by atoms with Gasteiger partial charge in [-0.2, -0.15) is 4.39 Å². The molecule has 0 unspecified atom stereocenters. The summed E-state index contributed by atoms with van der Waals surface area (Å²) in [4.78, 5) is 48.8. The Morgan fingerprint density at radius 2 is 1.39 bits per heavy atom. The van der Waals surface area contributed by atoms with Crippen LogP contribution in [0.3, 0.4) is 0 Å². The molecule has 2 aromatic rings. The Morgan fingerprint density at radius 3 is 1.78 bits per heavy atom. The van der Waals surface area contributed by atoms with Gasteiger partial charge in [0.25, 0.3) is 11.1 Å². The number of nitrogens with one attached hydrogen (secondary N) is 4. The zero-order valence-electron chi connectivity index (χ0n) is 8.54. The lowest BCUT2D eigenvalue weighted by molar-refractivity contribution is 0.597. The third kappa shape index (κ3) is 3.87. The van der Waals surface area contributed by atoms with E-state index in [0.717, 1.165) is 6.20 Å². The molecule has 4 N–H and O–H groups in total. The molecule has 0 aromatic carbocycles. The first-order chi connectivity index (χ1) is 8.40. The lowest BCUT2D eigenvalue weighted by Gasteiger charge is -1.82. The fourth-order valence-corrected chi connectivity index (χ4v) is 0.889. The molecule has 2 aromatic heterocycles. The average molecular weight is 277 g/mol. The summed E-state index contributed by atoms with van der Waals surface area (Å²) in [6.07, 6.45) is 1.85. The molecule has 18 heavy (non-hydrogen) atoms. The highest BCUT2D eigenvalue weighted by Crippen LogP contribution is 1.90. The molecule has 2 heterocycles. The molecular formula is C8H6ClFN4O4. The van der Waals surface area contributed by atoms with Crippen molar-refractivity contribution in [3.8, 4) is 0 Å². The van der Waals surface area contributed by atoms with E-state index in [4.69, 9.17) is 11.6 Å². The first-order valence-electron chi connectivity index (χ1n) is 4.35. The summed E-state index contributed by atoms with van der Waals surface area (Å²) in [5.74, 6) is -0.991. The number of aromatic nitrogens is 4. The first kappa shape index (κ1) is 13.6. The van der Waals surface area contributed by atoms with Gasteiger partial charge in [0.2, 0.25) is 5.82 Å². The zero-order chi connectivity index (χ0) is 13.7. The van der Waals surface area contributed by atoms with Crippen molar-refractivity contribution in [1.29, 1.82) is 0 Å². The lowest BCUT2D eigenvalue weighted by Crippen LogP contribution is -2.23. The van der Waals surface area contributed by atoms with Gasteiger partial charge in [0.1, 0.15) is 5.02 Å². The fraction of sp³-hybridized carbons (Fsp3) is 0. The van der Waals surface area contributed by atoms with Gasteiger partial charge >= 0.3 is 11.4 Å². The summed E-state index contributed by atoms with van der Waals surface area (Å²) in [6, 6.07) is 0. The predicted molar refractivity (Wildman–Crippen MR) is 60.3 cm³/mol. The standard InChI is InChI=1S/C4H3ClN2O2.C4H3FN2O2/c2*5-2-1-6-4(9)7-3(2)8/h2*1H,(H2,6,7,8,9). The van der Waals surface area contributed by atoms with Crippen LogP contribution in [0.4, 0.5) is 4.39 Å². The number of rotatable bonds is 0. The maximum Gasteiger partial charge on any atom is 0.325 e. The van der Waals surface area contributed by atoms with E-state index < -0.39 is 28.3 Å². The van der Waals surface area contributed by atoms with E-state index in [0.29, 0.717) is 6.20 Å². The van der Waals surface area contributed by atoms with Crippen molar-refractivity contribution in [2.45, 2.75) is 0 Å². The number of H-pyrrole nitrogens is 4. The van der Waals surface area contributed by atoms with Crippen molar-refractivity contribution in [2.24, 2.45) is 0 Å². The van der Waals surface area contributed by atoms with E-state index in [1.54, 1.807) is 4.98 Å². The summed E-state index contributed by atoms with van der Waals surface area (Å²) in [6.45, 7) is 0. The van der Waals surface area contributed by atoms with Crippen LogP contribution in [0, 0.1) is 5.82 Å². The van der Waals surface area contributed by atoms with Gasteiger partial charge in [-0.05, 0) is 0 Å². The van der Waals surface area contributed by atoms with E-state index in [1.165, 1.54) is 0 Å². The summed E-state index contributed by atoms with van der Waals surface area (Å²) < 4.78 is 12.0. The maximum absolute atomic E-state index is 12.0. The number of hydrogen-bond donors (Lipinski definition) is 4. The smallest absolute Gasteiger partial charge is 0.313 e. The van der Waals surface area contributed by atoms with Crippen LogP contribution < -0.4 is 22.5 Å². The molecule has 0 aliphatic rings. The highest BCUT2D eigenvalue weighted by Gasteiger charge is 1.93. The third-order valence-corrected chi connectivity index (χ3v) is 1.83. The second-order valence-corrected chi connectivity index (χ2v) is 3.25. The Hall–Kier alpha value is -2.42.